The fraction of sp³-hybridized carbons (Fsp3) is 0.105. The topological polar surface area (TPSA) is 106 Å². The first-order valence-electron chi connectivity index (χ1n) is 8.26. The standard InChI is InChI=1S/C19H16N6O2/c1-11-16(18(26)21-19-22-24-25-23-19)14-5-3-4-6-15(14)20-17(11)12-7-9-13(27-2)10-8-12/h3-10H,1-2H3,(H2,21,22,23,24,25,26). The van der Waals surface area contributed by atoms with E-state index in [1.165, 1.54) is 0 Å². The molecule has 4 aromatic rings. The van der Waals surface area contributed by atoms with Crippen LogP contribution in [0, 0.1) is 6.92 Å². The van der Waals surface area contributed by atoms with Crippen LogP contribution in [-0.2, 0) is 0 Å². The molecule has 2 aromatic carbocycles. The number of aromatic nitrogens is 5. The maximum Gasteiger partial charge on any atom is 0.270 e. The summed E-state index contributed by atoms with van der Waals surface area (Å²) in [6.07, 6.45) is 0. The highest BCUT2D eigenvalue weighted by Crippen LogP contribution is 2.30. The summed E-state index contributed by atoms with van der Waals surface area (Å²) in [5.41, 5.74) is 3.64. The molecule has 0 saturated heterocycles. The van der Waals surface area contributed by atoms with Crippen molar-refractivity contribution in [2.75, 3.05) is 12.4 Å². The summed E-state index contributed by atoms with van der Waals surface area (Å²) in [5.74, 6) is 0.556. The van der Waals surface area contributed by atoms with E-state index in [-0.39, 0.29) is 11.9 Å². The van der Waals surface area contributed by atoms with Crippen molar-refractivity contribution in [1.29, 1.82) is 0 Å². The molecule has 2 N–H and O–H groups in total. The molecule has 0 atom stereocenters. The molecule has 4 rings (SSSR count). The van der Waals surface area contributed by atoms with Crippen LogP contribution in [0.2, 0.25) is 0 Å². The van der Waals surface area contributed by atoms with Gasteiger partial charge in [-0.1, -0.05) is 23.3 Å². The minimum atomic E-state index is -0.317. The largest absolute Gasteiger partial charge is 0.497 e. The lowest BCUT2D eigenvalue weighted by Gasteiger charge is -2.14. The summed E-state index contributed by atoms with van der Waals surface area (Å²) < 4.78 is 5.22. The number of H-pyrrole nitrogens is 1. The number of benzene rings is 2. The van der Waals surface area contributed by atoms with Gasteiger partial charge in [0.25, 0.3) is 11.9 Å². The highest BCUT2D eigenvalue weighted by Gasteiger charge is 2.20. The summed E-state index contributed by atoms with van der Waals surface area (Å²) >= 11 is 0. The lowest BCUT2D eigenvalue weighted by atomic mass is 9.97. The first kappa shape index (κ1) is 16.6. The summed E-state index contributed by atoms with van der Waals surface area (Å²) in [4.78, 5) is 17.7. The monoisotopic (exact) mass is 360 g/mol. The third-order valence-electron chi connectivity index (χ3n) is 4.30. The molecule has 2 aromatic heterocycles. The highest BCUT2D eigenvalue weighted by molar-refractivity contribution is 6.13. The van der Waals surface area contributed by atoms with Crippen LogP contribution in [0.1, 0.15) is 15.9 Å². The predicted octanol–water partition coefficient (Wildman–Crippen LogP) is 2.98. The van der Waals surface area contributed by atoms with Gasteiger partial charge >= 0.3 is 0 Å². The van der Waals surface area contributed by atoms with Gasteiger partial charge in [0.2, 0.25) is 0 Å². The van der Waals surface area contributed by atoms with Crippen molar-refractivity contribution in [2.45, 2.75) is 6.92 Å². The Labute approximate surface area is 154 Å². The van der Waals surface area contributed by atoms with Crippen LogP contribution in [0.25, 0.3) is 22.2 Å². The Bertz CT molecular complexity index is 1110. The van der Waals surface area contributed by atoms with E-state index >= 15 is 0 Å². The number of rotatable bonds is 4. The van der Waals surface area contributed by atoms with Crippen molar-refractivity contribution >= 4 is 22.8 Å². The number of ether oxygens (including phenoxy) is 1. The summed E-state index contributed by atoms with van der Waals surface area (Å²) in [6.45, 7) is 1.88. The van der Waals surface area contributed by atoms with Crippen LogP contribution in [-0.4, -0.2) is 38.6 Å². The van der Waals surface area contributed by atoms with E-state index in [1.54, 1.807) is 7.11 Å². The Balaban J connectivity index is 1.88. The Morgan fingerprint density at radius 2 is 1.89 bits per heavy atom. The second kappa shape index (κ2) is 6.83. The second-order valence-corrected chi connectivity index (χ2v) is 5.90. The van der Waals surface area contributed by atoms with Crippen molar-refractivity contribution in [1.82, 2.24) is 25.6 Å². The smallest absolute Gasteiger partial charge is 0.270 e. The minimum Gasteiger partial charge on any atom is -0.497 e. The summed E-state index contributed by atoms with van der Waals surface area (Å²) in [6, 6.07) is 15.1. The van der Waals surface area contributed by atoms with E-state index in [2.05, 4.69) is 25.9 Å². The lowest BCUT2D eigenvalue weighted by molar-refractivity contribution is 0.102. The zero-order chi connectivity index (χ0) is 18.8. The van der Waals surface area contributed by atoms with Crippen LogP contribution in [0.4, 0.5) is 5.95 Å². The van der Waals surface area contributed by atoms with Gasteiger partial charge in [-0.2, -0.15) is 5.21 Å². The number of pyridine rings is 1. The first-order chi connectivity index (χ1) is 13.2. The fourth-order valence-corrected chi connectivity index (χ4v) is 3.01. The van der Waals surface area contributed by atoms with E-state index in [9.17, 15) is 4.79 Å². The van der Waals surface area contributed by atoms with Gasteiger partial charge in [-0.15, -0.1) is 5.10 Å². The number of hydrogen-bond acceptors (Lipinski definition) is 6. The molecular weight excluding hydrogens is 344 g/mol. The number of nitrogens with zero attached hydrogens (tertiary/aromatic N) is 4. The van der Waals surface area contributed by atoms with Crippen molar-refractivity contribution in [2.24, 2.45) is 0 Å². The number of tetrazole rings is 1. The number of nitrogens with one attached hydrogen (secondary N) is 2. The van der Waals surface area contributed by atoms with Gasteiger partial charge in [-0.3, -0.25) is 10.1 Å². The number of carbonyl (C=O) groups is 1. The van der Waals surface area contributed by atoms with Crippen LogP contribution in [0.15, 0.2) is 48.5 Å². The molecule has 0 spiro atoms. The van der Waals surface area contributed by atoms with Gasteiger partial charge in [0, 0.05) is 10.9 Å². The average molecular weight is 360 g/mol. The van der Waals surface area contributed by atoms with Gasteiger partial charge in [0.1, 0.15) is 5.75 Å². The van der Waals surface area contributed by atoms with Crippen molar-refractivity contribution in [3.05, 3.63) is 59.7 Å². The number of hydrogen-bond donors (Lipinski definition) is 2. The number of methoxy groups -OCH3 is 1. The molecule has 0 aliphatic heterocycles. The third kappa shape index (κ3) is 3.08. The maximum atomic E-state index is 13.0. The second-order valence-electron chi connectivity index (χ2n) is 5.90. The fourth-order valence-electron chi connectivity index (χ4n) is 3.01. The molecule has 8 nitrogen and oxygen atoms in total. The molecule has 0 unspecified atom stereocenters. The number of para-hydroxylation sites is 1. The number of anilines is 1. The number of aromatic amines is 1. The van der Waals surface area contributed by atoms with E-state index < -0.39 is 0 Å². The van der Waals surface area contributed by atoms with Gasteiger partial charge in [-0.05, 0) is 48.0 Å². The Hall–Kier alpha value is -3.81. The number of amides is 1. The quantitative estimate of drug-likeness (QED) is 0.579. The maximum absolute atomic E-state index is 13.0. The zero-order valence-corrected chi connectivity index (χ0v) is 14.7. The summed E-state index contributed by atoms with van der Waals surface area (Å²) in [5, 5.41) is 16.8. The molecule has 0 bridgehead atoms. The van der Waals surface area contributed by atoms with Gasteiger partial charge < -0.3 is 4.74 Å². The SMILES string of the molecule is COc1ccc(-c2nc3ccccc3c(C(=O)Nc3nn[nH]n3)c2C)cc1. The zero-order valence-electron chi connectivity index (χ0n) is 14.7. The van der Waals surface area contributed by atoms with Crippen molar-refractivity contribution < 1.29 is 9.53 Å². The van der Waals surface area contributed by atoms with Crippen LogP contribution in [0.3, 0.4) is 0 Å². The number of fused-ring (bicyclic) bond motifs is 1. The molecule has 0 aliphatic rings. The molecule has 134 valence electrons. The molecule has 1 amide bonds. The molecule has 0 aliphatic carbocycles. The van der Waals surface area contributed by atoms with Crippen molar-refractivity contribution in [3.8, 4) is 17.0 Å². The molecule has 0 saturated carbocycles. The lowest BCUT2D eigenvalue weighted by Crippen LogP contribution is -2.16. The van der Waals surface area contributed by atoms with E-state index in [1.807, 2.05) is 55.5 Å². The molecule has 2 heterocycles. The minimum absolute atomic E-state index is 0.117. The van der Waals surface area contributed by atoms with E-state index in [4.69, 9.17) is 9.72 Å². The summed E-state index contributed by atoms with van der Waals surface area (Å²) in [7, 11) is 1.62. The molecular formula is C19H16N6O2. The number of carbonyl (C=O) groups excluding carboxylic acids is 1. The van der Waals surface area contributed by atoms with E-state index in [0.29, 0.717) is 5.56 Å². The van der Waals surface area contributed by atoms with Crippen LogP contribution in [0.5, 0.6) is 5.75 Å². The normalized spacial score (nSPS) is 10.7. The molecule has 27 heavy (non-hydrogen) atoms. The molecule has 0 radical (unpaired) electrons. The molecule has 0 fully saturated rings. The molecule has 8 heteroatoms. The third-order valence-corrected chi connectivity index (χ3v) is 4.30. The Morgan fingerprint density at radius 1 is 1.11 bits per heavy atom. The predicted molar refractivity (Wildman–Crippen MR) is 101 cm³/mol. The van der Waals surface area contributed by atoms with Gasteiger partial charge in [-0.25, -0.2) is 4.98 Å². The van der Waals surface area contributed by atoms with E-state index in [0.717, 1.165) is 33.5 Å². The Kier molecular flexibility index (Phi) is 4.21. The van der Waals surface area contributed by atoms with Gasteiger partial charge in [0.05, 0.1) is 23.9 Å². The first-order valence-corrected chi connectivity index (χ1v) is 8.26. The average Bonchev–Trinajstić information content (AvgIpc) is 3.20. The van der Waals surface area contributed by atoms with Crippen LogP contribution < -0.4 is 10.1 Å². The highest BCUT2D eigenvalue weighted by atomic mass is 16.5. The Morgan fingerprint density at radius 3 is 2.59 bits per heavy atom. The van der Waals surface area contributed by atoms with Gasteiger partial charge in [0.15, 0.2) is 0 Å². The van der Waals surface area contributed by atoms with Crippen LogP contribution >= 0.6 is 0 Å². The van der Waals surface area contributed by atoms with Crippen molar-refractivity contribution in [3.63, 3.8) is 0 Å².